The second-order valence-electron chi connectivity index (χ2n) is 3.92. The van der Waals surface area contributed by atoms with E-state index in [9.17, 15) is 0 Å². The maximum Gasteiger partial charge on any atom is 0.0873 e. The van der Waals surface area contributed by atoms with Crippen molar-refractivity contribution in [1.82, 2.24) is 0 Å². The molecule has 1 fully saturated rings. The van der Waals surface area contributed by atoms with Crippen LogP contribution < -0.4 is 0 Å². The quantitative estimate of drug-likeness (QED) is 0.508. The molecule has 1 rings (SSSR count). The first-order valence-electron chi connectivity index (χ1n) is 5.74. The third-order valence-corrected chi connectivity index (χ3v) is 3.90. The van der Waals surface area contributed by atoms with E-state index >= 15 is 0 Å². The molecular weight excluding hydrogens is 192 g/mol. The lowest BCUT2D eigenvalue weighted by Crippen LogP contribution is -2.03. The molecule has 0 bridgehead atoms. The van der Waals surface area contributed by atoms with Crippen LogP contribution in [0.4, 0.5) is 0 Å². The summed E-state index contributed by atoms with van der Waals surface area (Å²) in [6, 6.07) is 0. The summed E-state index contributed by atoms with van der Waals surface area (Å²) in [6.45, 7) is 2.88. The summed E-state index contributed by atoms with van der Waals surface area (Å²) in [6.07, 6.45) is 10.6. The van der Waals surface area contributed by atoms with Crippen molar-refractivity contribution in [1.29, 1.82) is 0 Å². The second-order valence-corrected chi connectivity index (χ2v) is 5.07. The number of rotatable bonds is 5. The lowest BCUT2D eigenvalue weighted by atomic mass is 9.99. The number of thioether (sulfide) groups is 1. The van der Waals surface area contributed by atoms with Gasteiger partial charge < -0.3 is 4.74 Å². The molecule has 0 aromatic rings. The largest absolute Gasteiger partial charge is 0.502 e. The molecule has 14 heavy (non-hydrogen) atoms. The van der Waals surface area contributed by atoms with Crippen LogP contribution in [-0.4, -0.2) is 18.1 Å². The van der Waals surface area contributed by atoms with Crippen LogP contribution in [0, 0.1) is 5.92 Å². The Kier molecular flexibility index (Phi) is 7.02. The first-order chi connectivity index (χ1) is 6.93. The van der Waals surface area contributed by atoms with Crippen molar-refractivity contribution in [3.05, 3.63) is 12.3 Å². The van der Waals surface area contributed by atoms with Gasteiger partial charge in [-0.2, -0.15) is 11.8 Å². The molecule has 1 unspecified atom stereocenters. The summed E-state index contributed by atoms with van der Waals surface area (Å²) in [5.41, 5.74) is 0. The van der Waals surface area contributed by atoms with E-state index in [1.54, 1.807) is 6.26 Å². The highest BCUT2D eigenvalue weighted by Crippen LogP contribution is 2.25. The molecule has 1 heterocycles. The Morgan fingerprint density at radius 1 is 1.43 bits per heavy atom. The topological polar surface area (TPSA) is 9.23 Å². The van der Waals surface area contributed by atoms with Crippen molar-refractivity contribution < 1.29 is 4.74 Å². The molecule has 1 aliphatic rings. The zero-order valence-electron chi connectivity index (χ0n) is 9.21. The van der Waals surface area contributed by atoms with Crippen molar-refractivity contribution in [3.63, 3.8) is 0 Å². The molecule has 0 N–H and O–H groups in total. The van der Waals surface area contributed by atoms with Gasteiger partial charge in [0, 0.05) is 0 Å². The highest BCUT2D eigenvalue weighted by Gasteiger charge is 2.11. The molecule has 0 aromatic heterocycles. The van der Waals surface area contributed by atoms with Crippen LogP contribution in [-0.2, 0) is 4.74 Å². The normalized spacial score (nSPS) is 23.6. The Balaban J connectivity index is 1.98. The number of hydrogen-bond donors (Lipinski definition) is 0. The summed E-state index contributed by atoms with van der Waals surface area (Å²) in [5, 5.41) is 0. The molecule has 0 saturated carbocycles. The molecule has 2 heteroatoms. The molecule has 0 radical (unpaired) electrons. The van der Waals surface area contributed by atoms with E-state index in [0.29, 0.717) is 0 Å². The van der Waals surface area contributed by atoms with Gasteiger partial charge in [0.25, 0.3) is 0 Å². The third-order valence-electron chi connectivity index (χ3n) is 2.61. The molecule has 0 aliphatic carbocycles. The predicted octanol–water partition coefficient (Wildman–Crippen LogP) is 3.85. The minimum Gasteiger partial charge on any atom is -0.502 e. The van der Waals surface area contributed by atoms with Gasteiger partial charge in [-0.05, 0) is 50.0 Å². The SMILES string of the molecule is C/C=C/OCCCC1CCCCSC1. The van der Waals surface area contributed by atoms with Crippen LogP contribution >= 0.6 is 11.8 Å². The van der Waals surface area contributed by atoms with Crippen molar-refractivity contribution >= 4 is 11.8 Å². The fourth-order valence-electron chi connectivity index (χ4n) is 1.82. The molecule has 0 spiro atoms. The summed E-state index contributed by atoms with van der Waals surface area (Å²) in [7, 11) is 0. The van der Waals surface area contributed by atoms with Crippen molar-refractivity contribution in [3.8, 4) is 0 Å². The van der Waals surface area contributed by atoms with Crippen LogP contribution in [0.5, 0.6) is 0 Å². The molecular formula is C12H22OS. The van der Waals surface area contributed by atoms with E-state index in [2.05, 4.69) is 11.8 Å². The Bertz CT molecular complexity index is 148. The number of ether oxygens (including phenoxy) is 1. The van der Waals surface area contributed by atoms with Gasteiger partial charge >= 0.3 is 0 Å². The summed E-state index contributed by atoms with van der Waals surface area (Å²) >= 11 is 2.14. The van der Waals surface area contributed by atoms with Crippen LogP contribution in [0.2, 0.25) is 0 Å². The number of hydrogen-bond acceptors (Lipinski definition) is 2. The zero-order valence-corrected chi connectivity index (χ0v) is 10.0. The lowest BCUT2D eigenvalue weighted by molar-refractivity contribution is 0.233. The Hall–Kier alpha value is -0.110. The summed E-state index contributed by atoms with van der Waals surface area (Å²) < 4.78 is 5.32. The van der Waals surface area contributed by atoms with Gasteiger partial charge in [-0.15, -0.1) is 0 Å². The van der Waals surface area contributed by atoms with Crippen LogP contribution in [0.1, 0.15) is 39.0 Å². The minimum absolute atomic E-state index is 0.894. The summed E-state index contributed by atoms with van der Waals surface area (Å²) in [4.78, 5) is 0. The van der Waals surface area contributed by atoms with Crippen LogP contribution in [0.15, 0.2) is 12.3 Å². The van der Waals surface area contributed by atoms with Gasteiger partial charge in [0.05, 0.1) is 12.9 Å². The van der Waals surface area contributed by atoms with E-state index in [-0.39, 0.29) is 0 Å². The molecule has 82 valence electrons. The fourth-order valence-corrected chi connectivity index (χ4v) is 3.06. The average molecular weight is 214 g/mol. The first-order valence-corrected chi connectivity index (χ1v) is 6.89. The predicted molar refractivity (Wildman–Crippen MR) is 64.7 cm³/mol. The Labute approximate surface area is 92.3 Å². The van der Waals surface area contributed by atoms with Gasteiger partial charge in [-0.25, -0.2) is 0 Å². The van der Waals surface area contributed by atoms with Crippen molar-refractivity contribution in [2.24, 2.45) is 5.92 Å². The van der Waals surface area contributed by atoms with Gasteiger partial charge in [0.1, 0.15) is 0 Å². The summed E-state index contributed by atoms with van der Waals surface area (Å²) in [5.74, 6) is 3.71. The van der Waals surface area contributed by atoms with E-state index in [1.807, 2.05) is 13.0 Å². The minimum atomic E-state index is 0.894. The molecule has 0 amide bonds. The Morgan fingerprint density at radius 2 is 2.36 bits per heavy atom. The molecule has 0 aromatic carbocycles. The maximum atomic E-state index is 5.32. The van der Waals surface area contributed by atoms with Crippen molar-refractivity contribution in [2.75, 3.05) is 18.1 Å². The first kappa shape index (κ1) is 12.0. The Morgan fingerprint density at radius 3 is 3.21 bits per heavy atom. The molecule has 1 saturated heterocycles. The van der Waals surface area contributed by atoms with Gasteiger partial charge in [-0.3, -0.25) is 0 Å². The van der Waals surface area contributed by atoms with Crippen LogP contribution in [0.25, 0.3) is 0 Å². The van der Waals surface area contributed by atoms with Crippen LogP contribution in [0.3, 0.4) is 0 Å². The smallest absolute Gasteiger partial charge is 0.0873 e. The maximum absolute atomic E-state index is 5.32. The molecule has 1 nitrogen and oxygen atoms in total. The average Bonchev–Trinajstić information content (AvgIpc) is 2.46. The van der Waals surface area contributed by atoms with E-state index in [4.69, 9.17) is 4.74 Å². The zero-order chi connectivity index (χ0) is 10.1. The fraction of sp³-hybridized carbons (Fsp3) is 0.833. The van der Waals surface area contributed by atoms with E-state index < -0.39 is 0 Å². The molecule has 1 aliphatic heterocycles. The van der Waals surface area contributed by atoms with E-state index in [1.165, 1.54) is 43.6 Å². The number of allylic oxidation sites excluding steroid dienone is 1. The highest BCUT2D eigenvalue weighted by molar-refractivity contribution is 7.99. The third kappa shape index (κ3) is 5.58. The second kappa shape index (κ2) is 8.22. The lowest BCUT2D eigenvalue weighted by Gasteiger charge is -2.12. The van der Waals surface area contributed by atoms with Gasteiger partial charge in [-0.1, -0.05) is 12.5 Å². The standard InChI is InChI=1S/C12H22OS/c1-2-8-13-9-5-7-12-6-3-4-10-14-11-12/h2,8,12H,3-7,9-11H2,1H3/b8-2+. The van der Waals surface area contributed by atoms with E-state index in [0.717, 1.165) is 12.5 Å². The van der Waals surface area contributed by atoms with Gasteiger partial charge in [0.2, 0.25) is 0 Å². The van der Waals surface area contributed by atoms with Gasteiger partial charge in [0.15, 0.2) is 0 Å². The highest BCUT2D eigenvalue weighted by atomic mass is 32.2. The monoisotopic (exact) mass is 214 g/mol. The van der Waals surface area contributed by atoms with Crippen molar-refractivity contribution in [2.45, 2.75) is 39.0 Å². The molecule has 1 atom stereocenters.